The zero-order chi connectivity index (χ0) is 8.77. The van der Waals surface area contributed by atoms with Crippen LogP contribution in [-0.2, 0) is 5.54 Å². The first-order chi connectivity index (χ1) is 5.62. The standard InChI is InChI=1S/C9H9FIN/c10-6-1-2-8(11)7(5-6)9(12)3-4-9/h1-2,5H,3-4,12H2. The monoisotopic (exact) mass is 277 g/mol. The van der Waals surface area contributed by atoms with E-state index >= 15 is 0 Å². The van der Waals surface area contributed by atoms with Crippen molar-refractivity contribution in [2.45, 2.75) is 18.4 Å². The third kappa shape index (κ3) is 1.35. The van der Waals surface area contributed by atoms with Crippen LogP contribution in [0.5, 0.6) is 0 Å². The van der Waals surface area contributed by atoms with E-state index in [1.54, 1.807) is 12.1 Å². The molecule has 0 bridgehead atoms. The molecule has 0 amide bonds. The van der Waals surface area contributed by atoms with Gasteiger partial charge in [0.25, 0.3) is 0 Å². The van der Waals surface area contributed by atoms with Gasteiger partial charge in [-0.3, -0.25) is 0 Å². The number of rotatable bonds is 1. The van der Waals surface area contributed by atoms with Gasteiger partial charge >= 0.3 is 0 Å². The van der Waals surface area contributed by atoms with Crippen molar-refractivity contribution in [1.29, 1.82) is 0 Å². The molecule has 2 rings (SSSR count). The van der Waals surface area contributed by atoms with Gasteiger partial charge in [-0.05, 0) is 59.2 Å². The van der Waals surface area contributed by atoms with Crippen LogP contribution in [0, 0.1) is 9.39 Å². The SMILES string of the molecule is NC1(c2cc(F)ccc2I)CC1. The van der Waals surface area contributed by atoms with E-state index in [0.717, 1.165) is 22.0 Å². The number of halogens is 2. The van der Waals surface area contributed by atoms with Crippen LogP contribution in [0.15, 0.2) is 18.2 Å². The molecule has 0 heterocycles. The Balaban J connectivity index is 2.48. The molecule has 12 heavy (non-hydrogen) atoms. The summed E-state index contributed by atoms with van der Waals surface area (Å²) in [5, 5.41) is 0. The summed E-state index contributed by atoms with van der Waals surface area (Å²) < 4.78 is 13.9. The fourth-order valence-corrected chi connectivity index (χ4v) is 2.16. The number of nitrogens with two attached hydrogens (primary N) is 1. The van der Waals surface area contributed by atoms with Crippen LogP contribution in [0.1, 0.15) is 18.4 Å². The summed E-state index contributed by atoms with van der Waals surface area (Å²) in [5.74, 6) is -0.192. The van der Waals surface area contributed by atoms with E-state index in [-0.39, 0.29) is 11.4 Å². The van der Waals surface area contributed by atoms with Crippen molar-refractivity contribution < 1.29 is 4.39 Å². The minimum atomic E-state index is -0.224. The maximum Gasteiger partial charge on any atom is 0.123 e. The summed E-state index contributed by atoms with van der Waals surface area (Å²) in [7, 11) is 0. The maximum absolute atomic E-state index is 12.8. The highest BCUT2D eigenvalue weighted by Gasteiger charge is 2.41. The van der Waals surface area contributed by atoms with Gasteiger partial charge in [-0.1, -0.05) is 0 Å². The second-order valence-corrected chi connectivity index (χ2v) is 4.44. The number of hydrogen-bond donors (Lipinski definition) is 1. The second kappa shape index (κ2) is 2.67. The molecule has 1 aromatic carbocycles. The lowest BCUT2D eigenvalue weighted by atomic mass is 10.1. The molecule has 0 radical (unpaired) electrons. The molecule has 1 fully saturated rings. The van der Waals surface area contributed by atoms with Gasteiger partial charge in [-0.2, -0.15) is 0 Å². The zero-order valence-corrected chi connectivity index (χ0v) is 8.64. The van der Waals surface area contributed by atoms with Crippen molar-refractivity contribution in [1.82, 2.24) is 0 Å². The van der Waals surface area contributed by atoms with Gasteiger partial charge in [0.05, 0.1) is 0 Å². The van der Waals surface area contributed by atoms with Gasteiger partial charge in [-0.25, -0.2) is 4.39 Å². The molecule has 0 aromatic heterocycles. The van der Waals surface area contributed by atoms with Gasteiger partial charge < -0.3 is 5.73 Å². The van der Waals surface area contributed by atoms with Crippen LogP contribution in [0.4, 0.5) is 4.39 Å². The van der Waals surface area contributed by atoms with Crippen LogP contribution in [0.3, 0.4) is 0 Å². The summed E-state index contributed by atoms with van der Waals surface area (Å²) in [6.45, 7) is 0. The highest BCUT2D eigenvalue weighted by molar-refractivity contribution is 14.1. The van der Waals surface area contributed by atoms with Gasteiger partial charge in [0, 0.05) is 9.11 Å². The van der Waals surface area contributed by atoms with Crippen LogP contribution in [0.2, 0.25) is 0 Å². The Bertz CT molecular complexity index is 320. The van der Waals surface area contributed by atoms with Crippen molar-refractivity contribution in [2.75, 3.05) is 0 Å². The first-order valence-electron chi connectivity index (χ1n) is 3.86. The van der Waals surface area contributed by atoms with Gasteiger partial charge in [0.1, 0.15) is 5.82 Å². The van der Waals surface area contributed by atoms with E-state index in [1.807, 2.05) is 0 Å². The molecule has 3 heteroatoms. The molecule has 1 aromatic rings. The Morgan fingerprint density at radius 3 is 2.67 bits per heavy atom. The molecular formula is C9H9FIN. The topological polar surface area (TPSA) is 26.0 Å². The molecule has 0 saturated heterocycles. The lowest BCUT2D eigenvalue weighted by Gasteiger charge is -2.10. The summed E-state index contributed by atoms with van der Waals surface area (Å²) in [5.41, 5.74) is 6.70. The van der Waals surface area contributed by atoms with E-state index in [4.69, 9.17) is 5.73 Å². The van der Waals surface area contributed by atoms with Crippen molar-refractivity contribution in [3.63, 3.8) is 0 Å². The first-order valence-corrected chi connectivity index (χ1v) is 4.94. The minimum absolute atomic E-state index is 0.192. The van der Waals surface area contributed by atoms with Gasteiger partial charge in [-0.15, -0.1) is 0 Å². The van der Waals surface area contributed by atoms with Crippen molar-refractivity contribution >= 4 is 22.6 Å². The lowest BCUT2D eigenvalue weighted by Crippen LogP contribution is -2.20. The second-order valence-electron chi connectivity index (χ2n) is 3.28. The molecule has 0 spiro atoms. The largest absolute Gasteiger partial charge is 0.321 e. The predicted molar refractivity (Wildman–Crippen MR) is 54.2 cm³/mol. The first kappa shape index (κ1) is 8.44. The van der Waals surface area contributed by atoms with E-state index in [1.165, 1.54) is 6.07 Å². The van der Waals surface area contributed by atoms with E-state index < -0.39 is 0 Å². The third-order valence-electron chi connectivity index (χ3n) is 2.25. The maximum atomic E-state index is 12.8. The van der Waals surface area contributed by atoms with E-state index in [9.17, 15) is 4.39 Å². The highest BCUT2D eigenvalue weighted by Crippen LogP contribution is 2.44. The molecule has 2 N–H and O–H groups in total. The smallest absolute Gasteiger partial charge is 0.123 e. The van der Waals surface area contributed by atoms with Gasteiger partial charge in [0.2, 0.25) is 0 Å². The molecule has 0 aliphatic heterocycles. The van der Waals surface area contributed by atoms with E-state index in [2.05, 4.69) is 22.6 Å². The number of hydrogen-bond acceptors (Lipinski definition) is 1. The Morgan fingerprint density at radius 1 is 1.42 bits per heavy atom. The number of benzene rings is 1. The summed E-state index contributed by atoms with van der Waals surface area (Å²) in [6.07, 6.45) is 1.96. The lowest BCUT2D eigenvalue weighted by molar-refractivity contribution is 0.617. The molecule has 0 atom stereocenters. The summed E-state index contributed by atoms with van der Waals surface area (Å²) >= 11 is 2.20. The minimum Gasteiger partial charge on any atom is -0.321 e. The fourth-order valence-electron chi connectivity index (χ4n) is 1.28. The zero-order valence-electron chi connectivity index (χ0n) is 6.48. The van der Waals surface area contributed by atoms with E-state index in [0.29, 0.717) is 0 Å². The van der Waals surface area contributed by atoms with Gasteiger partial charge in [0.15, 0.2) is 0 Å². The Labute approximate surface area is 84.3 Å². The fraction of sp³-hybridized carbons (Fsp3) is 0.333. The molecule has 1 aliphatic carbocycles. The Kier molecular flexibility index (Phi) is 1.88. The van der Waals surface area contributed by atoms with Crippen molar-refractivity contribution in [2.24, 2.45) is 5.73 Å². The normalized spacial score (nSPS) is 19.2. The van der Waals surface area contributed by atoms with Crippen LogP contribution >= 0.6 is 22.6 Å². The van der Waals surface area contributed by atoms with Crippen molar-refractivity contribution in [3.05, 3.63) is 33.1 Å². The highest BCUT2D eigenvalue weighted by atomic mass is 127. The summed E-state index contributed by atoms with van der Waals surface area (Å²) in [4.78, 5) is 0. The molecule has 1 nitrogen and oxygen atoms in total. The molecule has 0 unspecified atom stereocenters. The Hall–Kier alpha value is -0.160. The average Bonchev–Trinajstić information content (AvgIpc) is 2.75. The predicted octanol–water partition coefficient (Wildman–Crippen LogP) is 2.38. The average molecular weight is 277 g/mol. The molecular weight excluding hydrogens is 268 g/mol. The van der Waals surface area contributed by atoms with Crippen LogP contribution in [0.25, 0.3) is 0 Å². The molecule has 1 aliphatic rings. The molecule has 1 saturated carbocycles. The third-order valence-corrected chi connectivity index (χ3v) is 3.19. The van der Waals surface area contributed by atoms with Crippen LogP contribution < -0.4 is 5.73 Å². The Morgan fingerprint density at radius 2 is 2.08 bits per heavy atom. The van der Waals surface area contributed by atoms with Crippen molar-refractivity contribution in [3.8, 4) is 0 Å². The van der Waals surface area contributed by atoms with Crippen LogP contribution in [-0.4, -0.2) is 0 Å². The quantitative estimate of drug-likeness (QED) is 0.784. The summed E-state index contributed by atoms with van der Waals surface area (Å²) in [6, 6.07) is 4.80. The molecule has 64 valence electrons.